The van der Waals surface area contributed by atoms with E-state index in [2.05, 4.69) is 47.3 Å². The summed E-state index contributed by atoms with van der Waals surface area (Å²) in [6.45, 7) is 4.15. The van der Waals surface area contributed by atoms with Crippen molar-refractivity contribution < 1.29 is 4.79 Å². The van der Waals surface area contributed by atoms with Gasteiger partial charge in [0.15, 0.2) is 11.5 Å². The van der Waals surface area contributed by atoms with Crippen LogP contribution in [0.4, 0.5) is 11.4 Å². The van der Waals surface area contributed by atoms with Crippen LogP contribution in [-0.2, 0) is 4.79 Å². The molecule has 1 aliphatic rings. The van der Waals surface area contributed by atoms with E-state index in [1.54, 1.807) is 18.6 Å². The lowest BCUT2D eigenvalue weighted by Crippen LogP contribution is -2.44. The van der Waals surface area contributed by atoms with Crippen LogP contribution in [0, 0.1) is 0 Å². The molecule has 38 heavy (non-hydrogen) atoms. The zero-order chi connectivity index (χ0) is 26.2. The molecule has 0 atom stereocenters. The van der Waals surface area contributed by atoms with Crippen molar-refractivity contribution in [3.8, 4) is 22.8 Å². The average molecular weight is 512 g/mol. The number of carbonyl (C=O) groups excluding carboxylic acids is 1. The Morgan fingerprint density at radius 1 is 1.00 bits per heavy atom. The molecule has 1 aliphatic heterocycles. The maximum Gasteiger partial charge on any atom is 0.238 e. The van der Waals surface area contributed by atoms with Crippen molar-refractivity contribution >= 4 is 39.3 Å². The van der Waals surface area contributed by atoms with Gasteiger partial charge in [-0.05, 0) is 39.3 Å². The number of rotatable bonds is 6. The highest BCUT2D eigenvalue weighted by atomic mass is 16.2. The summed E-state index contributed by atoms with van der Waals surface area (Å²) in [4.78, 5) is 40.6. The van der Waals surface area contributed by atoms with Crippen molar-refractivity contribution in [1.82, 2.24) is 44.9 Å². The SMILES string of the molecule is CN(C)CC(=O)Nc1cncc(-c2ccc3[nH]nc(-c4nc5c(N6CCN(C)CC6)cncc5[nH]4)c3n2)c1. The summed E-state index contributed by atoms with van der Waals surface area (Å²) in [6, 6.07) is 5.70. The van der Waals surface area contributed by atoms with E-state index in [9.17, 15) is 4.79 Å². The standard InChI is InChI=1S/C26H29N11O/c1-35(2)15-22(38)29-17-10-16(11-27-12-17)18-4-5-19-24(30-18)25(34-33-19)26-31-20-13-28-14-21(23(20)32-26)37-8-6-36(3)7-9-37/h4-5,10-14H,6-9,15H2,1-3H3,(H,29,38)(H,31,32)(H,33,34). The summed E-state index contributed by atoms with van der Waals surface area (Å²) in [5.74, 6) is 0.520. The number of hydrogen-bond donors (Lipinski definition) is 3. The third-order valence-corrected chi connectivity index (χ3v) is 6.63. The molecule has 1 fully saturated rings. The van der Waals surface area contributed by atoms with Crippen molar-refractivity contribution in [2.75, 3.05) is 64.1 Å². The molecular weight excluding hydrogens is 482 g/mol. The monoisotopic (exact) mass is 511 g/mol. The first-order valence-electron chi connectivity index (χ1n) is 12.5. The van der Waals surface area contributed by atoms with Gasteiger partial charge in [-0.1, -0.05) is 0 Å². The van der Waals surface area contributed by atoms with E-state index >= 15 is 0 Å². The van der Waals surface area contributed by atoms with Crippen molar-refractivity contribution in [3.05, 3.63) is 43.0 Å². The van der Waals surface area contributed by atoms with Gasteiger partial charge in [0, 0.05) is 37.9 Å². The fourth-order valence-corrected chi connectivity index (χ4v) is 4.67. The first kappa shape index (κ1) is 23.9. The average Bonchev–Trinajstić information content (AvgIpc) is 3.52. The van der Waals surface area contributed by atoms with Crippen LogP contribution < -0.4 is 10.2 Å². The largest absolute Gasteiger partial charge is 0.366 e. The van der Waals surface area contributed by atoms with Gasteiger partial charge in [0.05, 0.1) is 53.2 Å². The number of nitrogens with zero attached hydrogens (tertiary/aromatic N) is 8. The number of carbonyl (C=O) groups is 1. The second-order valence-corrected chi connectivity index (χ2v) is 9.84. The van der Waals surface area contributed by atoms with Gasteiger partial charge in [0.25, 0.3) is 0 Å². The summed E-state index contributed by atoms with van der Waals surface area (Å²) in [5.41, 5.74) is 6.98. The van der Waals surface area contributed by atoms with Gasteiger partial charge in [0.2, 0.25) is 5.91 Å². The summed E-state index contributed by atoms with van der Waals surface area (Å²) in [7, 11) is 5.84. The van der Waals surface area contributed by atoms with Crippen molar-refractivity contribution in [1.29, 1.82) is 0 Å². The molecule has 12 nitrogen and oxygen atoms in total. The Kier molecular flexibility index (Phi) is 6.18. The van der Waals surface area contributed by atoms with E-state index in [1.165, 1.54) is 0 Å². The Morgan fingerprint density at radius 2 is 1.82 bits per heavy atom. The van der Waals surface area contributed by atoms with E-state index in [-0.39, 0.29) is 12.5 Å². The maximum atomic E-state index is 12.2. The Bertz CT molecular complexity index is 1610. The van der Waals surface area contributed by atoms with Crippen LogP contribution in [0.2, 0.25) is 0 Å². The van der Waals surface area contributed by atoms with E-state index in [4.69, 9.17) is 9.97 Å². The summed E-state index contributed by atoms with van der Waals surface area (Å²) >= 11 is 0. The number of pyridine rings is 3. The predicted molar refractivity (Wildman–Crippen MR) is 147 cm³/mol. The summed E-state index contributed by atoms with van der Waals surface area (Å²) in [6.07, 6.45) is 7.03. The van der Waals surface area contributed by atoms with Gasteiger partial charge in [-0.3, -0.25) is 19.9 Å². The van der Waals surface area contributed by atoms with Crippen LogP contribution >= 0.6 is 0 Å². The smallest absolute Gasteiger partial charge is 0.238 e. The molecule has 0 spiro atoms. The minimum Gasteiger partial charge on any atom is -0.366 e. The molecule has 0 aliphatic carbocycles. The maximum absolute atomic E-state index is 12.2. The molecule has 0 bridgehead atoms. The number of fused-ring (bicyclic) bond motifs is 2. The highest BCUT2D eigenvalue weighted by molar-refractivity contribution is 5.95. The van der Waals surface area contributed by atoms with E-state index < -0.39 is 0 Å². The molecule has 194 valence electrons. The van der Waals surface area contributed by atoms with Gasteiger partial charge in [-0.2, -0.15) is 5.10 Å². The normalized spacial score (nSPS) is 14.6. The van der Waals surface area contributed by atoms with Crippen molar-refractivity contribution in [2.45, 2.75) is 0 Å². The highest BCUT2D eigenvalue weighted by Crippen LogP contribution is 2.31. The Labute approximate surface area is 219 Å². The summed E-state index contributed by atoms with van der Waals surface area (Å²) in [5, 5.41) is 10.5. The molecule has 0 unspecified atom stereocenters. The van der Waals surface area contributed by atoms with Crippen molar-refractivity contribution in [3.63, 3.8) is 0 Å². The van der Waals surface area contributed by atoms with Crippen LogP contribution in [0.1, 0.15) is 0 Å². The second kappa shape index (κ2) is 9.80. The number of aromatic nitrogens is 7. The molecule has 0 radical (unpaired) electrons. The molecule has 0 aromatic carbocycles. The molecule has 1 amide bonds. The van der Waals surface area contributed by atoms with Crippen LogP contribution in [0.25, 0.3) is 44.8 Å². The number of amides is 1. The van der Waals surface area contributed by atoms with Gasteiger partial charge in [-0.15, -0.1) is 0 Å². The molecular formula is C26H29N11O. The minimum absolute atomic E-state index is 0.107. The minimum atomic E-state index is -0.107. The number of nitrogens with one attached hydrogen (secondary N) is 3. The quantitative estimate of drug-likeness (QED) is 0.314. The van der Waals surface area contributed by atoms with E-state index in [0.717, 1.165) is 54.0 Å². The predicted octanol–water partition coefficient (Wildman–Crippen LogP) is 2.21. The number of aromatic amines is 2. The van der Waals surface area contributed by atoms with Gasteiger partial charge >= 0.3 is 0 Å². The molecule has 6 rings (SSSR count). The lowest BCUT2D eigenvalue weighted by molar-refractivity contribution is -0.116. The Balaban J connectivity index is 1.34. The number of anilines is 2. The van der Waals surface area contributed by atoms with E-state index in [1.807, 2.05) is 43.4 Å². The Hall–Kier alpha value is -4.42. The molecule has 3 N–H and O–H groups in total. The van der Waals surface area contributed by atoms with E-state index in [0.29, 0.717) is 28.4 Å². The zero-order valence-electron chi connectivity index (χ0n) is 21.6. The van der Waals surface area contributed by atoms with Gasteiger partial charge in [0.1, 0.15) is 11.0 Å². The van der Waals surface area contributed by atoms with Crippen LogP contribution in [-0.4, -0.2) is 105 Å². The number of hydrogen-bond acceptors (Lipinski definition) is 9. The van der Waals surface area contributed by atoms with Crippen LogP contribution in [0.3, 0.4) is 0 Å². The number of H-pyrrole nitrogens is 2. The lowest BCUT2D eigenvalue weighted by Gasteiger charge is -2.33. The Morgan fingerprint density at radius 3 is 2.63 bits per heavy atom. The van der Waals surface area contributed by atoms with Crippen LogP contribution in [0.5, 0.6) is 0 Å². The summed E-state index contributed by atoms with van der Waals surface area (Å²) < 4.78 is 0. The molecule has 12 heteroatoms. The zero-order valence-corrected chi connectivity index (χ0v) is 21.6. The number of imidazole rings is 1. The third kappa shape index (κ3) is 4.66. The topological polar surface area (TPSA) is 135 Å². The lowest BCUT2D eigenvalue weighted by atomic mass is 10.1. The van der Waals surface area contributed by atoms with Gasteiger partial charge in [-0.25, -0.2) is 9.97 Å². The molecule has 0 saturated carbocycles. The molecule has 5 aromatic rings. The number of piperazine rings is 1. The third-order valence-electron chi connectivity index (χ3n) is 6.63. The van der Waals surface area contributed by atoms with Crippen LogP contribution in [0.15, 0.2) is 43.0 Å². The molecule has 1 saturated heterocycles. The second-order valence-electron chi connectivity index (χ2n) is 9.84. The first-order chi connectivity index (χ1) is 18.4. The van der Waals surface area contributed by atoms with Crippen molar-refractivity contribution in [2.24, 2.45) is 0 Å². The number of likely N-dealkylation sites (N-methyl/N-ethyl adjacent to an activating group) is 2. The highest BCUT2D eigenvalue weighted by Gasteiger charge is 2.21. The van der Waals surface area contributed by atoms with Gasteiger partial charge < -0.3 is 25.0 Å². The molecule has 6 heterocycles. The fraction of sp³-hybridized carbons (Fsp3) is 0.308. The fourth-order valence-electron chi connectivity index (χ4n) is 4.67. The first-order valence-corrected chi connectivity index (χ1v) is 12.5. The molecule has 5 aromatic heterocycles.